The van der Waals surface area contributed by atoms with Gasteiger partial charge < -0.3 is 10.4 Å². The minimum absolute atomic E-state index is 0.286. The van der Waals surface area contributed by atoms with Crippen molar-refractivity contribution in [1.82, 2.24) is 20.1 Å². The Morgan fingerprint density at radius 1 is 1.53 bits per heavy atom. The van der Waals surface area contributed by atoms with Gasteiger partial charge in [0.15, 0.2) is 0 Å². The monoisotopic (exact) mass is 238 g/mol. The van der Waals surface area contributed by atoms with Crippen LogP contribution in [0.5, 0.6) is 0 Å². The summed E-state index contributed by atoms with van der Waals surface area (Å²) in [4.78, 5) is 4.28. The van der Waals surface area contributed by atoms with Gasteiger partial charge >= 0.3 is 0 Å². The second-order valence-corrected chi connectivity index (χ2v) is 5.08. The average Bonchev–Trinajstić information content (AvgIpc) is 2.94. The van der Waals surface area contributed by atoms with Gasteiger partial charge in [-0.3, -0.25) is 0 Å². The van der Waals surface area contributed by atoms with E-state index in [-0.39, 0.29) is 6.61 Å². The number of nitrogens with zero attached hydrogens (tertiary/aromatic N) is 3. The molecule has 1 heterocycles. The topological polar surface area (TPSA) is 63.0 Å². The van der Waals surface area contributed by atoms with Crippen molar-refractivity contribution < 1.29 is 5.11 Å². The van der Waals surface area contributed by atoms with Gasteiger partial charge in [-0.25, -0.2) is 9.67 Å². The molecule has 0 aliphatic heterocycles. The summed E-state index contributed by atoms with van der Waals surface area (Å²) in [6.07, 6.45) is 5.10. The number of aliphatic hydroxyl groups excluding tert-OH is 1. The largest absolute Gasteiger partial charge is 0.396 e. The molecule has 5 heteroatoms. The van der Waals surface area contributed by atoms with Crippen molar-refractivity contribution in [2.75, 3.05) is 6.61 Å². The fourth-order valence-corrected chi connectivity index (χ4v) is 2.58. The van der Waals surface area contributed by atoms with Crippen molar-refractivity contribution in [3.05, 3.63) is 12.2 Å². The van der Waals surface area contributed by atoms with E-state index < -0.39 is 0 Å². The molecule has 1 saturated carbocycles. The number of rotatable bonds is 5. The minimum atomic E-state index is 0.286. The summed E-state index contributed by atoms with van der Waals surface area (Å²) in [7, 11) is 0. The second-order valence-electron chi connectivity index (χ2n) is 5.08. The molecular formula is C12H22N4O. The van der Waals surface area contributed by atoms with E-state index in [1.807, 2.05) is 4.68 Å². The zero-order valence-electron chi connectivity index (χ0n) is 10.6. The van der Waals surface area contributed by atoms with E-state index in [0.717, 1.165) is 25.2 Å². The first kappa shape index (κ1) is 12.5. The number of aromatic nitrogens is 3. The molecule has 2 unspecified atom stereocenters. The molecule has 1 aliphatic rings. The minimum Gasteiger partial charge on any atom is -0.396 e. The molecule has 1 fully saturated rings. The summed E-state index contributed by atoms with van der Waals surface area (Å²) in [5, 5.41) is 17.0. The molecule has 5 nitrogen and oxygen atoms in total. The quantitative estimate of drug-likeness (QED) is 0.806. The highest BCUT2D eigenvalue weighted by Crippen LogP contribution is 2.25. The molecule has 0 radical (unpaired) electrons. The molecule has 0 spiro atoms. The van der Waals surface area contributed by atoms with Gasteiger partial charge in [0.25, 0.3) is 0 Å². The lowest BCUT2D eigenvalue weighted by molar-refractivity contribution is 0.204. The van der Waals surface area contributed by atoms with Crippen LogP contribution in [0.1, 0.15) is 45.0 Å². The van der Waals surface area contributed by atoms with Crippen LogP contribution in [0.2, 0.25) is 0 Å². The van der Waals surface area contributed by atoms with Gasteiger partial charge in [-0.1, -0.05) is 6.42 Å². The lowest BCUT2D eigenvalue weighted by Crippen LogP contribution is -2.34. The molecular weight excluding hydrogens is 216 g/mol. The van der Waals surface area contributed by atoms with Gasteiger partial charge in [0.05, 0.1) is 6.54 Å². The Morgan fingerprint density at radius 3 is 3.06 bits per heavy atom. The molecule has 2 atom stereocenters. The number of nitrogens with one attached hydrogen (secondary N) is 1. The van der Waals surface area contributed by atoms with Crippen molar-refractivity contribution >= 4 is 0 Å². The van der Waals surface area contributed by atoms with E-state index >= 15 is 0 Å². The van der Waals surface area contributed by atoms with Crippen molar-refractivity contribution in [3.8, 4) is 0 Å². The third-order valence-electron chi connectivity index (χ3n) is 3.55. The molecule has 0 bridgehead atoms. The normalized spacial score (nSPS) is 24.7. The maximum atomic E-state index is 9.26. The summed E-state index contributed by atoms with van der Waals surface area (Å²) >= 11 is 0. The Morgan fingerprint density at radius 2 is 2.35 bits per heavy atom. The fraction of sp³-hybridized carbons (Fsp3) is 0.833. The molecule has 2 rings (SSSR count). The summed E-state index contributed by atoms with van der Waals surface area (Å²) in [6.45, 7) is 5.22. The molecule has 1 aromatic rings. The second kappa shape index (κ2) is 5.60. The zero-order chi connectivity index (χ0) is 12.3. The summed E-state index contributed by atoms with van der Waals surface area (Å²) < 4.78 is 1.94. The SMILES string of the molecule is CC(C)n1ncnc1CNC1CCCC1CO. The van der Waals surface area contributed by atoms with Crippen LogP contribution in [0.4, 0.5) is 0 Å². The zero-order valence-corrected chi connectivity index (χ0v) is 10.6. The van der Waals surface area contributed by atoms with Crippen LogP contribution < -0.4 is 5.32 Å². The molecule has 0 amide bonds. The Balaban J connectivity index is 1.91. The van der Waals surface area contributed by atoms with Gasteiger partial charge in [-0.2, -0.15) is 5.10 Å². The Labute approximate surface area is 102 Å². The summed E-state index contributed by atoms with van der Waals surface area (Å²) in [5.74, 6) is 1.38. The predicted molar refractivity (Wildman–Crippen MR) is 65.5 cm³/mol. The van der Waals surface area contributed by atoms with E-state index in [1.54, 1.807) is 6.33 Å². The molecule has 0 aromatic carbocycles. The molecule has 2 N–H and O–H groups in total. The highest BCUT2D eigenvalue weighted by molar-refractivity contribution is 4.89. The van der Waals surface area contributed by atoms with Gasteiger partial charge in [-0.15, -0.1) is 0 Å². The van der Waals surface area contributed by atoms with E-state index in [9.17, 15) is 5.11 Å². The van der Waals surface area contributed by atoms with Gasteiger partial charge in [0.1, 0.15) is 12.2 Å². The molecule has 17 heavy (non-hydrogen) atoms. The van der Waals surface area contributed by atoms with Crippen LogP contribution >= 0.6 is 0 Å². The van der Waals surface area contributed by atoms with Crippen molar-refractivity contribution in [2.24, 2.45) is 5.92 Å². The van der Waals surface area contributed by atoms with Crippen LogP contribution in [0.15, 0.2) is 6.33 Å². The maximum Gasteiger partial charge on any atom is 0.141 e. The Bertz CT molecular complexity index is 350. The van der Waals surface area contributed by atoms with Crippen LogP contribution in [0.25, 0.3) is 0 Å². The van der Waals surface area contributed by atoms with Crippen LogP contribution in [-0.4, -0.2) is 32.5 Å². The van der Waals surface area contributed by atoms with Crippen molar-refractivity contribution in [1.29, 1.82) is 0 Å². The Hall–Kier alpha value is -0.940. The van der Waals surface area contributed by atoms with Gasteiger partial charge in [0.2, 0.25) is 0 Å². The van der Waals surface area contributed by atoms with Gasteiger partial charge in [-0.05, 0) is 32.6 Å². The number of hydrogen-bond donors (Lipinski definition) is 2. The average molecular weight is 238 g/mol. The highest BCUT2D eigenvalue weighted by atomic mass is 16.3. The smallest absolute Gasteiger partial charge is 0.141 e. The summed E-state index contributed by atoms with van der Waals surface area (Å²) in [6, 6.07) is 0.767. The lowest BCUT2D eigenvalue weighted by atomic mass is 10.1. The van der Waals surface area contributed by atoms with Crippen LogP contribution in [0.3, 0.4) is 0 Å². The van der Waals surface area contributed by atoms with E-state index in [4.69, 9.17) is 0 Å². The standard InChI is InChI=1S/C12H22N4O/c1-9(2)16-12(14-8-15-16)6-13-11-5-3-4-10(11)7-17/h8-11,13,17H,3-7H2,1-2H3. The van der Waals surface area contributed by atoms with E-state index in [1.165, 1.54) is 6.42 Å². The van der Waals surface area contributed by atoms with Crippen molar-refractivity contribution in [3.63, 3.8) is 0 Å². The van der Waals surface area contributed by atoms with E-state index in [2.05, 4.69) is 29.2 Å². The van der Waals surface area contributed by atoms with Crippen molar-refractivity contribution in [2.45, 2.75) is 51.7 Å². The molecule has 1 aliphatic carbocycles. The number of hydrogen-bond acceptors (Lipinski definition) is 4. The lowest BCUT2D eigenvalue weighted by Gasteiger charge is -2.19. The maximum absolute atomic E-state index is 9.26. The molecule has 96 valence electrons. The molecule has 1 aromatic heterocycles. The first-order chi connectivity index (χ1) is 8.22. The fourth-order valence-electron chi connectivity index (χ4n) is 2.58. The molecule has 0 saturated heterocycles. The van der Waals surface area contributed by atoms with E-state index in [0.29, 0.717) is 18.0 Å². The number of aliphatic hydroxyl groups is 1. The first-order valence-electron chi connectivity index (χ1n) is 6.45. The predicted octanol–water partition coefficient (Wildman–Crippen LogP) is 1.11. The summed E-state index contributed by atoms with van der Waals surface area (Å²) in [5.41, 5.74) is 0. The third kappa shape index (κ3) is 2.84. The van der Waals surface area contributed by atoms with Gasteiger partial charge in [0, 0.05) is 18.7 Å². The van der Waals surface area contributed by atoms with Crippen LogP contribution in [-0.2, 0) is 6.54 Å². The highest BCUT2D eigenvalue weighted by Gasteiger charge is 2.26. The third-order valence-corrected chi connectivity index (χ3v) is 3.55. The van der Waals surface area contributed by atoms with Crippen LogP contribution in [0, 0.1) is 5.92 Å². The Kier molecular flexibility index (Phi) is 4.12. The first-order valence-corrected chi connectivity index (χ1v) is 6.45.